The van der Waals surface area contributed by atoms with Gasteiger partial charge in [0.15, 0.2) is 5.82 Å². The lowest BCUT2D eigenvalue weighted by molar-refractivity contribution is -0.832. The number of nitrogens with zero attached hydrogens (tertiary/aromatic N) is 2. The molecule has 0 aliphatic heterocycles. The van der Waals surface area contributed by atoms with Crippen LogP contribution in [0.1, 0.15) is 16.7 Å². The highest BCUT2D eigenvalue weighted by Gasteiger charge is 2.35. The molecule has 18 heteroatoms. The number of aromatic nitrogens is 2. The molecule has 2 aromatic heterocycles. The normalized spacial score (nSPS) is 11.9. The molecule has 0 unspecified atom stereocenters. The maximum atomic E-state index is 15.3. The number of sulfone groups is 1. The van der Waals surface area contributed by atoms with Crippen LogP contribution in [0.3, 0.4) is 0 Å². The molecule has 254 valence electrons. The molecule has 5 rings (SSSR count). The zero-order chi connectivity index (χ0) is 34.5. The Hall–Kier alpha value is -5.04. The third kappa shape index (κ3) is 7.57. The second kappa shape index (κ2) is 14.4. The summed E-state index contributed by atoms with van der Waals surface area (Å²) in [5.41, 5.74) is -0.0786. The van der Waals surface area contributed by atoms with Gasteiger partial charge in [-0.3, -0.25) is 9.35 Å². The molecule has 3 aromatic carbocycles. The van der Waals surface area contributed by atoms with Crippen molar-refractivity contribution in [2.75, 3.05) is 38.2 Å². The third-order valence-electron chi connectivity index (χ3n) is 6.99. The van der Waals surface area contributed by atoms with Crippen LogP contribution in [-0.2, 0) is 31.2 Å². The van der Waals surface area contributed by atoms with E-state index in [0.717, 1.165) is 0 Å². The molecule has 0 fully saturated rings. The summed E-state index contributed by atoms with van der Waals surface area (Å²) in [6, 6.07) is 16.1. The van der Waals surface area contributed by atoms with Gasteiger partial charge in [-0.1, -0.05) is 30.3 Å². The van der Waals surface area contributed by atoms with Crippen molar-refractivity contribution >= 4 is 36.7 Å². The van der Waals surface area contributed by atoms with Gasteiger partial charge in [0, 0.05) is 37.1 Å². The van der Waals surface area contributed by atoms with Gasteiger partial charge in [0.1, 0.15) is 24.5 Å². The molecule has 0 saturated heterocycles. The van der Waals surface area contributed by atoms with Crippen LogP contribution in [-0.4, -0.2) is 55.5 Å². The summed E-state index contributed by atoms with van der Waals surface area (Å²) in [5, 5.41) is 15.2. The molecule has 48 heavy (non-hydrogen) atoms. The Bertz CT molecular complexity index is 2210. The first-order valence-corrected chi connectivity index (χ1v) is 17.1. The Morgan fingerprint density at radius 2 is 1.73 bits per heavy atom. The molecule has 15 nitrogen and oxygen atoms in total. The lowest BCUT2D eigenvalue weighted by Crippen LogP contribution is -2.33. The molecular formula is C30H29FN4O11S2. The SMILES string of the molecule is COCCNS(=O)(=O)Nc1cccc(Cc2c(C)c3ccc(OCCOc4no[n+]([O-])c4S(=O)(=O)c4ccccc4)cc3oc2=O)c1F. The van der Waals surface area contributed by atoms with Gasteiger partial charge in [-0.15, -0.1) is 0 Å². The van der Waals surface area contributed by atoms with Crippen LogP contribution in [0.2, 0.25) is 0 Å². The summed E-state index contributed by atoms with van der Waals surface area (Å²) >= 11 is 0. The van der Waals surface area contributed by atoms with Crippen LogP contribution >= 0.6 is 0 Å². The Kier molecular flexibility index (Phi) is 10.3. The highest BCUT2D eigenvalue weighted by Crippen LogP contribution is 2.28. The molecule has 0 radical (unpaired) electrons. The topological polar surface area (TPSA) is 203 Å². The third-order valence-corrected chi connectivity index (χ3v) is 9.79. The number of aryl methyl sites for hydroxylation is 1. The van der Waals surface area contributed by atoms with E-state index in [-0.39, 0.29) is 70.7 Å². The summed E-state index contributed by atoms with van der Waals surface area (Å²) in [4.78, 5) is 12.6. The molecule has 0 aliphatic rings. The van der Waals surface area contributed by atoms with E-state index in [1.165, 1.54) is 55.6 Å². The average molecular weight is 705 g/mol. The van der Waals surface area contributed by atoms with Gasteiger partial charge < -0.3 is 23.8 Å². The van der Waals surface area contributed by atoms with E-state index in [0.29, 0.717) is 10.9 Å². The van der Waals surface area contributed by atoms with Crippen LogP contribution in [0.15, 0.2) is 90.5 Å². The fourth-order valence-electron chi connectivity index (χ4n) is 4.65. The van der Waals surface area contributed by atoms with Crippen molar-refractivity contribution in [3.05, 3.63) is 105 Å². The molecule has 2 heterocycles. The lowest BCUT2D eigenvalue weighted by Gasteiger charge is -2.13. The number of halogens is 1. The molecule has 0 amide bonds. The molecule has 0 aliphatic carbocycles. The first kappa shape index (κ1) is 34.3. The highest BCUT2D eigenvalue weighted by atomic mass is 32.2. The number of rotatable bonds is 15. The lowest BCUT2D eigenvalue weighted by atomic mass is 9.99. The Morgan fingerprint density at radius 1 is 0.979 bits per heavy atom. The van der Waals surface area contributed by atoms with Crippen molar-refractivity contribution in [1.29, 1.82) is 0 Å². The van der Waals surface area contributed by atoms with Crippen LogP contribution in [0.5, 0.6) is 11.6 Å². The predicted octanol–water partition coefficient (Wildman–Crippen LogP) is 2.64. The zero-order valence-electron chi connectivity index (χ0n) is 25.5. The predicted molar refractivity (Wildman–Crippen MR) is 167 cm³/mol. The van der Waals surface area contributed by atoms with E-state index in [4.69, 9.17) is 18.6 Å². The van der Waals surface area contributed by atoms with E-state index in [9.17, 15) is 26.8 Å². The molecule has 0 spiro atoms. The maximum Gasteiger partial charge on any atom is 0.415 e. The van der Waals surface area contributed by atoms with E-state index in [2.05, 4.69) is 19.2 Å². The summed E-state index contributed by atoms with van der Waals surface area (Å²) in [7, 11) is -6.95. The van der Waals surface area contributed by atoms with E-state index in [1.54, 1.807) is 25.1 Å². The van der Waals surface area contributed by atoms with Gasteiger partial charge in [-0.05, 0) is 53.3 Å². The zero-order valence-corrected chi connectivity index (χ0v) is 27.1. The number of hydrogen-bond donors (Lipinski definition) is 2. The number of anilines is 1. The molecule has 2 N–H and O–H groups in total. The molecule has 0 atom stereocenters. The smallest absolute Gasteiger partial charge is 0.415 e. The summed E-state index contributed by atoms with van der Waals surface area (Å²) < 4.78 is 95.8. The maximum absolute atomic E-state index is 15.3. The second-order valence-corrected chi connectivity index (χ2v) is 13.5. The number of benzene rings is 3. The van der Waals surface area contributed by atoms with Crippen LogP contribution < -0.4 is 29.4 Å². The minimum Gasteiger partial charge on any atom is -0.490 e. The van der Waals surface area contributed by atoms with Gasteiger partial charge in [-0.2, -0.15) is 13.1 Å². The van der Waals surface area contributed by atoms with Crippen LogP contribution in [0.4, 0.5) is 10.1 Å². The van der Waals surface area contributed by atoms with Gasteiger partial charge in [0.2, 0.25) is 0 Å². The summed E-state index contributed by atoms with van der Waals surface area (Å²) in [5.74, 6) is -1.11. The van der Waals surface area contributed by atoms with E-state index in [1.807, 2.05) is 0 Å². The van der Waals surface area contributed by atoms with E-state index >= 15 is 4.39 Å². The molecule has 0 saturated carbocycles. The first-order valence-electron chi connectivity index (χ1n) is 14.2. The van der Waals surface area contributed by atoms with Crippen molar-refractivity contribution in [2.24, 2.45) is 0 Å². The molecule has 5 aromatic rings. The van der Waals surface area contributed by atoms with Crippen molar-refractivity contribution in [3.63, 3.8) is 0 Å². The molecule has 0 bridgehead atoms. The number of nitrogens with one attached hydrogen (secondary N) is 2. The van der Waals surface area contributed by atoms with Gasteiger partial charge in [-0.25, -0.2) is 17.6 Å². The Balaban J connectivity index is 1.26. The second-order valence-electron chi connectivity index (χ2n) is 10.2. The minimum atomic E-state index is -4.29. The van der Waals surface area contributed by atoms with Crippen LogP contribution in [0, 0.1) is 17.9 Å². The van der Waals surface area contributed by atoms with Gasteiger partial charge in [0.25, 0.3) is 20.0 Å². The fourth-order valence-corrected chi connectivity index (χ4v) is 6.82. The first-order chi connectivity index (χ1) is 22.9. The highest BCUT2D eigenvalue weighted by molar-refractivity contribution is 7.91. The number of ether oxygens (including phenoxy) is 3. The minimum absolute atomic E-state index is 0.0151. The van der Waals surface area contributed by atoms with Crippen molar-refractivity contribution in [3.8, 4) is 11.6 Å². The Labute approximate surface area is 273 Å². The summed E-state index contributed by atoms with van der Waals surface area (Å²) in [6.07, 6.45) is -0.175. The number of hydrogen-bond acceptors (Lipinski definition) is 12. The van der Waals surface area contributed by atoms with Crippen molar-refractivity contribution < 1.29 is 49.4 Å². The average Bonchev–Trinajstić information content (AvgIpc) is 3.44. The van der Waals surface area contributed by atoms with E-state index < -0.39 is 42.4 Å². The number of fused-ring (bicyclic) bond motifs is 1. The molecular weight excluding hydrogens is 675 g/mol. The monoisotopic (exact) mass is 704 g/mol. The standard InChI is InChI=1S/C30H29FN4O11S2/c1-19-23-12-11-21(43-15-16-44-28-29(35(37)46-33-28)47(38,39)22-8-4-3-5-9-22)18-26(23)45-30(36)24(19)17-20-7-6-10-25(27(20)31)34-48(40,41)32-13-14-42-2/h3-12,18,32,34H,13-17H2,1-2H3. The Morgan fingerprint density at radius 3 is 2.48 bits per heavy atom. The summed E-state index contributed by atoms with van der Waals surface area (Å²) in [6.45, 7) is 1.44. The van der Waals surface area contributed by atoms with Crippen LogP contribution in [0.25, 0.3) is 11.0 Å². The quantitative estimate of drug-likeness (QED) is 0.0918. The fraction of sp³-hybridized carbons (Fsp3) is 0.233. The van der Waals surface area contributed by atoms with Gasteiger partial charge in [0.05, 0.1) is 22.3 Å². The van der Waals surface area contributed by atoms with Crippen molar-refractivity contribution in [1.82, 2.24) is 9.88 Å². The van der Waals surface area contributed by atoms with Gasteiger partial charge >= 0.3 is 16.5 Å². The number of methoxy groups -OCH3 is 1. The van der Waals surface area contributed by atoms with Crippen molar-refractivity contribution in [2.45, 2.75) is 23.3 Å². The largest absolute Gasteiger partial charge is 0.490 e.